The molecule has 1 amide bonds. The normalized spacial score (nSPS) is 16.8. The quantitative estimate of drug-likeness (QED) is 0.602. The third kappa shape index (κ3) is 4.30. The van der Waals surface area contributed by atoms with Crippen molar-refractivity contribution in [3.63, 3.8) is 0 Å². The number of benzene rings is 1. The Morgan fingerprint density at radius 2 is 2.07 bits per heavy atom. The summed E-state index contributed by atoms with van der Waals surface area (Å²) in [4.78, 5) is 19.7. The number of amides is 1. The monoisotopic (exact) mass is 410 g/mol. The van der Waals surface area contributed by atoms with Crippen molar-refractivity contribution in [3.8, 4) is 0 Å². The number of hydrogen-bond acceptors (Lipinski definition) is 4. The van der Waals surface area contributed by atoms with Crippen molar-refractivity contribution in [2.45, 2.75) is 51.5 Å². The molecular weight excluding hydrogens is 383 g/mol. The molecule has 0 aliphatic carbocycles. The SMILES string of the molecule is CCCc1cc(C(=O)N2CCCCC2c2ncc(Cc3ccc(F)cc3)o2)n(C)n1. The summed E-state index contributed by atoms with van der Waals surface area (Å²) in [5, 5.41) is 4.47. The summed E-state index contributed by atoms with van der Waals surface area (Å²) in [6, 6.07) is 8.07. The van der Waals surface area contributed by atoms with Crippen LogP contribution in [-0.4, -0.2) is 32.1 Å². The van der Waals surface area contributed by atoms with Gasteiger partial charge in [0, 0.05) is 20.0 Å². The maximum absolute atomic E-state index is 13.3. The Hall–Kier alpha value is -2.96. The number of hydrogen-bond donors (Lipinski definition) is 0. The first-order valence-electron chi connectivity index (χ1n) is 10.6. The first kappa shape index (κ1) is 20.3. The zero-order valence-electron chi connectivity index (χ0n) is 17.5. The van der Waals surface area contributed by atoms with E-state index >= 15 is 0 Å². The van der Waals surface area contributed by atoms with E-state index in [-0.39, 0.29) is 17.8 Å². The molecule has 1 fully saturated rings. The first-order chi connectivity index (χ1) is 14.5. The van der Waals surface area contributed by atoms with Crippen molar-refractivity contribution in [1.82, 2.24) is 19.7 Å². The number of piperidine rings is 1. The number of likely N-dealkylation sites (tertiary alicyclic amines) is 1. The smallest absolute Gasteiger partial charge is 0.272 e. The van der Waals surface area contributed by atoms with Crippen LogP contribution in [-0.2, 0) is 19.9 Å². The number of rotatable bonds is 6. The molecule has 6 nitrogen and oxygen atoms in total. The number of oxazole rings is 1. The zero-order valence-corrected chi connectivity index (χ0v) is 17.5. The zero-order chi connectivity index (χ0) is 21.1. The average Bonchev–Trinajstić information content (AvgIpc) is 3.36. The highest BCUT2D eigenvalue weighted by molar-refractivity contribution is 5.93. The van der Waals surface area contributed by atoms with Crippen molar-refractivity contribution in [2.75, 3.05) is 6.54 Å². The first-order valence-corrected chi connectivity index (χ1v) is 10.6. The topological polar surface area (TPSA) is 64.2 Å². The van der Waals surface area contributed by atoms with E-state index in [1.807, 2.05) is 18.0 Å². The van der Waals surface area contributed by atoms with Gasteiger partial charge in [-0.25, -0.2) is 9.37 Å². The summed E-state index contributed by atoms with van der Waals surface area (Å²) < 4.78 is 20.8. The van der Waals surface area contributed by atoms with E-state index in [0.29, 0.717) is 30.3 Å². The Labute approximate surface area is 175 Å². The molecule has 1 saturated heterocycles. The molecule has 1 aliphatic heterocycles. The van der Waals surface area contributed by atoms with Crippen molar-refractivity contribution >= 4 is 5.91 Å². The predicted molar refractivity (Wildman–Crippen MR) is 111 cm³/mol. The number of aromatic nitrogens is 3. The minimum Gasteiger partial charge on any atom is -0.443 e. The molecule has 1 aromatic carbocycles. The molecule has 0 N–H and O–H groups in total. The molecule has 30 heavy (non-hydrogen) atoms. The largest absolute Gasteiger partial charge is 0.443 e. The van der Waals surface area contributed by atoms with Gasteiger partial charge >= 0.3 is 0 Å². The number of carbonyl (C=O) groups is 1. The van der Waals surface area contributed by atoms with Crippen LogP contribution in [0.25, 0.3) is 0 Å². The van der Waals surface area contributed by atoms with Gasteiger partial charge in [0.1, 0.15) is 23.3 Å². The molecule has 7 heteroatoms. The number of aryl methyl sites for hydroxylation is 2. The van der Waals surface area contributed by atoms with Gasteiger partial charge in [0.15, 0.2) is 0 Å². The summed E-state index contributed by atoms with van der Waals surface area (Å²) in [5.74, 6) is 0.984. The van der Waals surface area contributed by atoms with Crippen LogP contribution in [0.1, 0.15) is 72.0 Å². The van der Waals surface area contributed by atoms with E-state index in [2.05, 4.69) is 17.0 Å². The maximum atomic E-state index is 13.3. The summed E-state index contributed by atoms with van der Waals surface area (Å²) in [6.45, 7) is 2.77. The highest BCUT2D eigenvalue weighted by Crippen LogP contribution is 2.32. The minimum atomic E-state index is -0.259. The van der Waals surface area contributed by atoms with Crippen LogP contribution >= 0.6 is 0 Å². The van der Waals surface area contributed by atoms with Crippen LogP contribution in [0.3, 0.4) is 0 Å². The van der Waals surface area contributed by atoms with E-state index < -0.39 is 0 Å². The van der Waals surface area contributed by atoms with Crippen molar-refractivity contribution in [2.24, 2.45) is 7.05 Å². The fourth-order valence-corrected chi connectivity index (χ4v) is 4.05. The fraction of sp³-hybridized carbons (Fsp3) is 0.435. The summed E-state index contributed by atoms with van der Waals surface area (Å²) in [7, 11) is 1.82. The molecule has 1 atom stereocenters. The molecule has 0 radical (unpaired) electrons. The second-order valence-electron chi connectivity index (χ2n) is 7.87. The molecular formula is C23H27FN4O2. The molecule has 3 heterocycles. The third-order valence-electron chi connectivity index (χ3n) is 5.57. The second-order valence-corrected chi connectivity index (χ2v) is 7.87. The van der Waals surface area contributed by atoms with Gasteiger partial charge < -0.3 is 9.32 Å². The van der Waals surface area contributed by atoms with Gasteiger partial charge in [-0.05, 0) is 49.4 Å². The van der Waals surface area contributed by atoms with Gasteiger partial charge in [-0.1, -0.05) is 25.5 Å². The molecule has 0 saturated carbocycles. The van der Waals surface area contributed by atoms with Gasteiger partial charge in [-0.3, -0.25) is 9.48 Å². The van der Waals surface area contributed by atoms with Gasteiger partial charge in [-0.2, -0.15) is 5.10 Å². The van der Waals surface area contributed by atoms with E-state index in [0.717, 1.165) is 43.4 Å². The Morgan fingerprint density at radius 1 is 1.27 bits per heavy atom. The van der Waals surface area contributed by atoms with E-state index in [4.69, 9.17) is 4.42 Å². The lowest BCUT2D eigenvalue weighted by molar-refractivity contribution is 0.0558. The maximum Gasteiger partial charge on any atom is 0.272 e. The standard InChI is InChI=1S/C23H27FN4O2/c1-3-6-18-14-21(27(2)26-18)23(29)28-12-5-4-7-20(28)22-25-15-19(30-22)13-16-8-10-17(24)11-9-16/h8-11,14-15,20H,3-7,12-13H2,1-2H3. The number of nitrogens with zero attached hydrogens (tertiary/aromatic N) is 4. The molecule has 4 rings (SSSR count). The van der Waals surface area contributed by atoms with E-state index in [1.165, 1.54) is 12.1 Å². The van der Waals surface area contributed by atoms with Crippen molar-refractivity contribution < 1.29 is 13.6 Å². The molecule has 0 spiro atoms. The molecule has 2 aromatic heterocycles. The molecule has 1 aliphatic rings. The summed E-state index contributed by atoms with van der Waals surface area (Å²) in [6.07, 6.45) is 6.90. The molecule has 1 unspecified atom stereocenters. The molecule has 158 valence electrons. The number of halogens is 1. The average molecular weight is 410 g/mol. The predicted octanol–water partition coefficient (Wildman–Crippen LogP) is 4.46. The van der Waals surface area contributed by atoms with Gasteiger partial charge in [-0.15, -0.1) is 0 Å². The lowest BCUT2D eigenvalue weighted by atomic mass is 10.0. The van der Waals surface area contributed by atoms with Crippen LogP contribution in [0.2, 0.25) is 0 Å². The van der Waals surface area contributed by atoms with E-state index in [1.54, 1.807) is 23.0 Å². The van der Waals surface area contributed by atoms with Gasteiger partial charge in [0.05, 0.1) is 11.9 Å². The van der Waals surface area contributed by atoms with Crippen LogP contribution < -0.4 is 0 Å². The van der Waals surface area contributed by atoms with Gasteiger partial charge in [0.25, 0.3) is 5.91 Å². The van der Waals surface area contributed by atoms with Crippen molar-refractivity contribution in [3.05, 3.63) is 70.9 Å². The Kier molecular flexibility index (Phi) is 5.97. The highest BCUT2D eigenvalue weighted by Gasteiger charge is 2.33. The van der Waals surface area contributed by atoms with E-state index in [9.17, 15) is 9.18 Å². The molecule has 0 bridgehead atoms. The minimum absolute atomic E-state index is 0.0321. The van der Waals surface area contributed by atoms with Crippen LogP contribution in [0.4, 0.5) is 4.39 Å². The summed E-state index contributed by atoms with van der Waals surface area (Å²) in [5.41, 5.74) is 2.49. The fourth-order valence-electron chi connectivity index (χ4n) is 4.05. The highest BCUT2D eigenvalue weighted by atomic mass is 19.1. The lowest BCUT2D eigenvalue weighted by Crippen LogP contribution is -2.39. The van der Waals surface area contributed by atoms with Crippen LogP contribution in [0, 0.1) is 5.82 Å². The van der Waals surface area contributed by atoms with Gasteiger partial charge in [0.2, 0.25) is 5.89 Å². The lowest BCUT2D eigenvalue weighted by Gasteiger charge is -2.33. The van der Waals surface area contributed by atoms with Crippen LogP contribution in [0.15, 0.2) is 40.9 Å². The Balaban J connectivity index is 1.53. The Bertz CT molecular complexity index is 1010. The Morgan fingerprint density at radius 3 is 2.83 bits per heavy atom. The second kappa shape index (κ2) is 8.81. The number of carbonyl (C=O) groups excluding carboxylic acids is 1. The third-order valence-corrected chi connectivity index (χ3v) is 5.57. The van der Waals surface area contributed by atoms with Crippen LogP contribution in [0.5, 0.6) is 0 Å². The summed E-state index contributed by atoms with van der Waals surface area (Å²) >= 11 is 0. The molecule has 3 aromatic rings. The van der Waals surface area contributed by atoms with Crippen molar-refractivity contribution in [1.29, 1.82) is 0 Å².